The smallest absolute Gasteiger partial charge is 0.335 e. The number of piperidine rings is 1. The Morgan fingerprint density at radius 2 is 1.84 bits per heavy atom. The number of halogens is 1. The lowest BCUT2D eigenvalue weighted by atomic mass is 9.97. The Morgan fingerprint density at radius 1 is 1.26 bits per heavy atom. The fourth-order valence-electron chi connectivity index (χ4n) is 2.10. The van der Waals surface area contributed by atoms with E-state index in [4.69, 9.17) is 16.7 Å². The molecule has 2 rings (SSSR count). The summed E-state index contributed by atoms with van der Waals surface area (Å²) in [5.41, 5.74) is 0.161. The average Bonchev–Trinajstić information content (AvgIpc) is 2.26. The molecular formula is C13H12ClNO4. The summed E-state index contributed by atoms with van der Waals surface area (Å²) in [7, 11) is 0. The molecule has 0 aliphatic carbocycles. The minimum Gasteiger partial charge on any atom is -0.478 e. The molecular weight excluding hydrogens is 270 g/mol. The summed E-state index contributed by atoms with van der Waals surface area (Å²) in [6.07, 6.45) is 0.529. The Morgan fingerprint density at radius 3 is 2.37 bits per heavy atom. The second-order valence-electron chi connectivity index (χ2n) is 4.64. The number of rotatable bonds is 2. The van der Waals surface area contributed by atoms with Crippen molar-refractivity contribution in [3.8, 4) is 0 Å². The van der Waals surface area contributed by atoms with E-state index < -0.39 is 5.97 Å². The van der Waals surface area contributed by atoms with E-state index in [9.17, 15) is 14.4 Å². The van der Waals surface area contributed by atoms with Crippen LogP contribution in [0.1, 0.15) is 30.1 Å². The zero-order valence-corrected chi connectivity index (χ0v) is 11.0. The number of carboxylic acids is 1. The van der Waals surface area contributed by atoms with Gasteiger partial charge in [0.15, 0.2) is 0 Å². The molecule has 0 atom stereocenters. The topological polar surface area (TPSA) is 74.7 Å². The third-order valence-electron chi connectivity index (χ3n) is 2.93. The van der Waals surface area contributed by atoms with Crippen LogP contribution in [0.2, 0.25) is 5.02 Å². The fraction of sp³-hybridized carbons (Fsp3) is 0.308. The minimum atomic E-state index is -1.16. The Balaban J connectivity index is 2.43. The highest BCUT2D eigenvalue weighted by Crippen LogP contribution is 2.28. The number of aromatic carboxylic acids is 1. The molecule has 0 aromatic heterocycles. The van der Waals surface area contributed by atoms with Crippen LogP contribution < -0.4 is 4.90 Å². The zero-order chi connectivity index (χ0) is 14.2. The van der Waals surface area contributed by atoms with Crippen molar-refractivity contribution in [2.75, 3.05) is 4.90 Å². The van der Waals surface area contributed by atoms with Crippen molar-refractivity contribution >= 4 is 35.1 Å². The van der Waals surface area contributed by atoms with Gasteiger partial charge in [-0.25, -0.2) is 4.79 Å². The van der Waals surface area contributed by atoms with E-state index in [-0.39, 0.29) is 46.8 Å². The van der Waals surface area contributed by atoms with Crippen molar-refractivity contribution in [2.24, 2.45) is 5.92 Å². The largest absolute Gasteiger partial charge is 0.478 e. The van der Waals surface area contributed by atoms with Gasteiger partial charge in [-0.2, -0.15) is 0 Å². The molecule has 0 unspecified atom stereocenters. The van der Waals surface area contributed by atoms with Crippen molar-refractivity contribution < 1.29 is 19.5 Å². The Bertz CT molecular complexity index is 552. The first-order valence-electron chi connectivity index (χ1n) is 5.78. The zero-order valence-electron chi connectivity index (χ0n) is 10.2. The molecule has 0 bridgehead atoms. The van der Waals surface area contributed by atoms with Crippen LogP contribution in [-0.4, -0.2) is 22.9 Å². The first-order valence-corrected chi connectivity index (χ1v) is 6.16. The quantitative estimate of drug-likeness (QED) is 0.844. The second-order valence-corrected chi connectivity index (χ2v) is 5.08. The molecule has 0 spiro atoms. The number of carbonyl (C=O) groups excluding carboxylic acids is 2. The molecule has 6 heteroatoms. The highest BCUT2D eigenvalue weighted by atomic mass is 35.5. The first-order chi connectivity index (χ1) is 8.88. The van der Waals surface area contributed by atoms with Gasteiger partial charge in [0.2, 0.25) is 11.8 Å². The van der Waals surface area contributed by atoms with E-state index >= 15 is 0 Å². The van der Waals surface area contributed by atoms with Gasteiger partial charge < -0.3 is 5.11 Å². The standard InChI is InChI=1S/C13H12ClNO4/c1-7-2-11(16)15(12(17)3-7)10-5-8(13(18)19)4-9(14)6-10/h4-7H,2-3H2,1H3,(H,18,19). The summed E-state index contributed by atoms with van der Waals surface area (Å²) >= 11 is 5.82. The third-order valence-corrected chi connectivity index (χ3v) is 3.15. The van der Waals surface area contributed by atoms with Crippen molar-refractivity contribution in [3.05, 3.63) is 28.8 Å². The summed E-state index contributed by atoms with van der Waals surface area (Å²) in [6.45, 7) is 1.83. The third kappa shape index (κ3) is 2.76. The molecule has 100 valence electrons. The SMILES string of the molecule is CC1CC(=O)N(c2cc(Cl)cc(C(=O)O)c2)C(=O)C1. The van der Waals surface area contributed by atoms with Crippen molar-refractivity contribution in [2.45, 2.75) is 19.8 Å². The molecule has 1 fully saturated rings. The molecule has 1 aliphatic rings. The van der Waals surface area contributed by atoms with Gasteiger partial charge in [-0.15, -0.1) is 0 Å². The van der Waals surface area contributed by atoms with E-state index in [1.165, 1.54) is 18.2 Å². The monoisotopic (exact) mass is 281 g/mol. The lowest BCUT2D eigenvalue weighted by Gasteiger charge is -2.28. The van der Waals surface area contributed by atoms with Crippen LogP contribution in [0, 0.1) is 5.92 Å². The highest BCUT2D eigenvalue weighted by Gasteiger charge is 2.32. The molecule has 5 nitrogen and oxygen atoms in total. The number of carboxylic acid groups (broad SMARTS) is 1. The molecule has 19 heavy (non-hydrogen) atoms. The van der Waals surface area contributed by atoms with Gasteiger partial charge in [0, 0.05) is 17.9 Å². The number of imide groups is 1. The summed E-state index contributed by atoms with van der Waals surface area (Å²) in [5, 5.41) is 9.13. The normalized spacial score (nSPS) is 16.8. The molecule has 1 aromatic carbocycles. The van der Waals surface area contributed by atoms with Crippen molar-refractivity contribution in [1.29, 1.82) is 0 Å². The second kappa shape index (κ2) is 5.01. The van der Waals surface area contributed by atoms with Gasteiger partial charge in [0.1, 0.15) is 0 Å². The van der Waals surface area contributed by atoms with Gasteiger partial charge in [-0.1, -0.05) is 18.5 Å². The molecule has 1 aliphatic heterocycles. The number of anilines is 1. The lowest BCUT2D eigenvalue weighted by Crippen LogP contribution is -2.42. The van der Waals surface area contributed by atoms with E-state index in [0.717, 1.165) is 4.90 Å². The molecule has 1 N–H and O–H groups in total. The number of benzene rings is 1. The minimum absolute atomic E-state index is 0.00868. The van der Waals surface area contributed by atoms with Gasteiger partial charge >= 0.3 is 5.97 Å². The van der Waals surface area contributed by atoms with Crippen LogP contribution in [0.15, 0.2) is 18.2 Å². The van der Waals surface area contributed by atoms with Crippen LogP contribution in [-0.2, 0) is 9.59 Å². The van der Waals surface area contributed by atoms with Gasteiger partial charge in [-0.05, 0) is 24.1 Å². The van der Waals surface area contributed by atoms with E-state index in [1.807, 2.05) is 6.92 Å². The molecule has 0 saturated carbocycles. The summed E-state index contributed by atoms with van der Waals surface area (Å²) in [5.74, 6) is -1.81. The predicted molar refractivity (Wildman–Crippen MR) is 69.3 cm³/mol. The van der Waals surface area contributed by atoms with Crippen LogP contribution in [0.5, 0.6) is 0 Å². The number of hydrogen-bond acceptors (Lipinski definition) is 3. The number of carbonyl (C=O) groups is 3. The van der Waals surface area contributed by atoms with Crippen molar-refractivity contribution in [3.63, 3.8) is 0 Å². The van der Waals surface area contributed by atoms with Gasteiger partial charge in [0.05, 0.1) is 11.3 Å². The van der Waals surface area contributed by atoms with Crippen LogP contribution in [0.25, 0.3) is 0 Å². The van der Waals surface area contributed by atoms with Gasteiger partial charge in [-0.3, -0.25) is 14.5 Å². The Labute approximate surface area is 114 Å². The summed E-state index contributed by atoms with van der Waals surface area (Å²) in [6, 6.07) is 3.97. The highest BCUT2D eigenvalue weighted by molar-refractivity contribution is 6.31. The maximum absolute atomic E-state index is 11.9. The van der Waals surface area contributed by atoms with Crippen LogP contribution in [0.3, 0.4) is 0 Å². The van der Waals surface area contributed by atoms with Crippen molar-refractivity contribution in [1.82, 2.24) is 0 Å². The van der Waals surface area contributed by atoms with Crippen LogP contribution in [0.4, 0.5) is 5.69 Å². The number of nitrogens with zero attached hydrogens (tertiary/aromatic N) is 1. The number of amides is 2. The maximum Gasteiger partial charge on any atom is 0.335 e. The predicted octanol–water partition coefficient (Wildman–Crippen LogP) is 2.33. The van der Waals surface area contributed by atoms with Gasteiger partial charge in [0.25, 0.3) is 0 Å². The number of hydrogen-bond donors (Lipinski definition) is 1. The fourth-order valence-corrected chi connectivity index (χ4v) is 2.33. The summed E-state index contributed by atoms with van der Waals surface area (Å²) in [4.78, 5) is 35.8. The lowest BCUT2D eigenvalue weighted by molar-refractivity contribution is -0.130. The maximum atomic E-state index is 11.9. The molecule has 1 saturated heterocycles. The first kappa shape index (κ1) is 13.5. The Hall–Kier alpha value is -1.88. The molecule has 1 aromatic rings. The van der Waals surface area contributed by atoms with E-state index in [1.54, 1.807) is 0 Å². The molecule has 0 radical (unpaired) electrons. The average molecular weight is 282 g/mol. The Kier molecular flexibility index (Phi) is 3.57. The molecule has 1 heterocycles. The molecule has 2 amide bonds. The van der Waals surface area contributed by atoms with E-state index in [0.29, 0.717) is 0 Å². The van der Waals surface area contributed by atoms with E-state index in [2.05, 4.69) is 0 Å². The van der Waals surface area contributed by atoms with Crippen LogP contribution >= 0.6 is 11.6 Å². The summed E-state index contributed by atoms with van der Waals surface area (Å²) < 4.78 is 0.